The lowest BCUT2D eigenvalue weighted by molar-refractivity contribution is 0.582. The van der Waals surface area contributed by atoms with Crippen LogP contribution in [0.3, 0.4) is 0 Å². The van der Waals surface area contributed by atoms with Crippen molar-refractivity contribution >= 4 is 28.4 Å². The zero-order chi connectivity index (χ0) is 30.9. The molecule has 3 nitrogen and oxygen atoms in total. The lowest BCUT2D eigenvalue weighted by Gasteiger charge is -2.41. The summed E-state index contributed by atoms with van der Waals surface area (Å²) in [5, 5.41) is 0. The molecule has 0 aliphatic rings. The summed E-state index contributed by atoms with van der Waals surface area (Å²) in [5.41, 5.74) is 8.95. The van der Waals surface area contributed by atoms with E-state index in [1.54, 1.807) is 0 Å². The molecular weight excluding hydrogens is 498 g/mol. The third-order valence-corrected chi connectivity index (χ3v) is 7.96. The maximum absolute atomic E-state index is 2.58. The van der Waals surface area contributed by atoms with E-state index >= 15 is 0 Å². The number of para-hydroxylation sites is 1. The van der Waals surface area contributed by atoms with Gasteiger partial charge in [0.2, 0.25) is 0 Å². The fraction of sp³-hybridized carbons (Fsp3) is 0.526. The molecular formula is C38H57N3. The highest BCUT2D eigenvalue weighted by atomic mass is 15.3. The van der Waals surface area contributed by atoms with Gasteiger partial charge in [-0.05, 0) is 114 Å². The molecule has 41 heavy (non-hydrogen) atoms. The van der Waals surface area contributed by atoms with Crippen LogP contribution in [0.1, 0.15) is 108 Å². The topological polar surface area (TPSA) is 9.72 Å². The van der Waals surface area contributed by atoms with E-state index in [-0.39, 0.29) is 10.8 Å². The van der Waals surface area contributed by atoms with Gasteiger partial charge in [0.15, 0.2) is 0 Å². The van der Waals surface area contributed by atoms with E-state index in [9.17, 15) is 0 Å². The third kappa shape index (κ3) is 7.29. The van der Waals surface area contributed by atoms with Crippen molar-refractivity contribution in [3.63, 3.8) is 0 Å². The second-order valence-electron chi connectivity index (χ2n) is 14.8. The Morgan fingerprint density at radius 2 is 0.780 bits per heavy atom. The smallest absolute Gasteiger partial charge is 0.0696 e. The summed E-state index contributed by atoms with van der Waals surface area (Å²) in [6.45, 7) is 32.3. The highest BCUT2D eigenvalue weighted by molar-refractivity contribution is 5.91. The number of nitrogens with zero attached hydrogens (tertiary/aromatic N) is 3. The summed E-state index contributed by atoms with van der Waals surface area (Å²) in [6, 6.07) is 26.6. The molecule has 0 bridgehead atoms. The van der Waals surface area contributed by atoms with E-state index in [1.165, 1.54) is 39.6 Å². The second kappa shape index (κ2) is 12.5. The maximum Gasteiger partial charge on any atom is 0.0696 e. The molecule has 3 aromatic carbocycles. The van der Waals surface area contributed by atoms with E-state index in [0.29, 0.717) is 24.2 Å². The minimum absolute atomic E-state index is 0.0517. The van der Waals surface area contributed by atoms with E-state index in [4.69, 9.17) is 0 Å². The van der Waals surface area contributed by atoms with Crippen LogP contribution in [0.15, 0.2) is 66.7 Å². The van der Waals surface area contributed by atoms with Gasteiger partial charge in [0, 0.05) is 29.9 Å². The lowest BCUT2D eigenvalue weighted by Crippen LogP contribution is -2.39. The van der Waals surface area contributed by atoms with Crippen LogP contribution in [0.2, 0.25) is 0 Å². The van der Waals surface area contributed by atoms with Crippen molar-refractivity contribution in [3.8, 4) is 0 Å². The summed E-state index contributed by atoms with van der Waals surface area (Å²) in [6.07, 6.45) is 0. The molecule has 0 aliphatic carbocycles. The normalized spacial score (nSPS) is 12.5. The van der Waals surface area contributed by atoms with Crippen LogP contribution in [0, 0.1) is 0 Å². The number of hydrogen-bond donors (Lipinski definition) is 0. The van der Waals surface area contributed by atoms with Crippen LogP contribution in [0.5, 0.6) is 0 Å². The average Bonchev–Trinajstić information content (AvgIpc) is 2.84. The molecule has 0 atom stereocenters. The zero-order valence-electron chi connectivity index (χ0n) is 28.5. The Kier molecular flexibility index (Phi) is 9.94. The number of benzene rings is 3. The van der Waals surface area contributed by atoms with Crippen LogP contribution in [0.25, 0.3) is 0 Å². The first-order valence-corrected chi connectivity index (χ1v) is 15.7. The predicted octanol–water partition coefficient (Wildman–Crippen LogP) is 11.0. The van der Waals surface area contributed by atoms with Crippen molar-refractivity contribution in [2.75, 3.05) is 14.7 Å². The lowest BCUT2D eigenvalue weighted by atomic mass is 9.85. The fourth-order valence-corrected chi connectivity index (χ4v) is 6.06. The second-order valence-corrected chi connectivity index (χ2v) is 14.8. The first kappa shape index (κ1) is 32.6. The first-order valence-electron chi connectivity index (χ1n) is 15.7. The van der Waals surface area contributed by atoms with Crippen molar-refractivity contribution in [2.45, 2.75) is 132 Å². The highest BCUT2D eigenvalue weighted by Gasteiger charge is 2.29. The molecule has 0 radical (unpaired) electrons. The van der Waals surface area contributed by atoms with Gasteiger partial charge in [0.1, 0.15) is 0 Å². The number of rotatable bonds is 9. The average molecular weight is 556 g/mol. The molecule has 0 saturated carbocycles. The van der Waals surface area contributed by atoms with Gasteiger partial charge < -0.3 is 14.7 Å². The van der Waals surface area contributed by atoms with Crippen LogP contribution in [0.4, 0.5) is 28.4 Å². The number of hydrogen-bond acceptors (Lipinski definition) is 3. The van der Waals surface area contributed by atoms with E-state index < -0.39 is 0 Å². The fourth-order valence-electron chi connectivity index (χ4n) is 6.06. The van der Waals surface area contributed by atoms with Gasteiger partial charge in [-0.15, -0.1) is 0 Å². The molecule has 0 aliphatic heterocycles. The minimum atomic E-state index is 0.0517. The Labute approximate surface area is 252 Å². The van der Waals surface area contributed by atoms with Crippen LogP contribution in [-0.2, 0) is 10.8 Å². The Hall–Kier alpha value is -2.94. The Morgan fingerprint density at radius 3 is 1.07 bits per heavy atom. The van der Waals surface area contributed by atoms with E-state index in [1.807, 2.05) is 0 Å². The molecule has 0 unspecified atom stereocenters. The van der Waals surface area contributed by atoms with Gasteiger partial charge in [-0.2, -0.15) is 0 Å². The quantitative estimate of drug-likeness (QED) is 0.260. The van der Waals surface area contributed by atoms with Crippen molar-refractivity contribution in [1.82, 2.24) is 0 Å². The maximum atomic E-state index is 2.58. The SMILES string of the molecule is CC(C)N(c1cc(C(C)(C)C)ccc1N(c1ccccc1)c1ccc(C(C)(C)C)cc1N(C(C)C)C(C)C)C(C)C. The standard InChI is InChI=1S/C38H57N3/c1-26(2)39(27(3)4)35-24-30(37(9,10)11)20-22-33(35)41(32-18-16-15-17-19-32)34-23-21-31(38(12,13)14)25-36(34)40(28(5)6)29(7)8/h15-29H,1-14H3. The molecule has 0 amide bonds. The molecule has 0 N–H and O–H groups in total. The summed E-state index contributed by atoms with van der Waals surface area (Å²) >= 11 is 0. The predicted molar refractivity (Wildman–Crippen MR) is 184 cm³/mol. The molecule has 0 aromatic heterocycles. The number of anilines is 5. The van der Waals surface area contributed by atoms with Crippen LogP contribution < -0.4 is 14.7 Å². The largest absolute Gasteiger partial charge is 0.365 e. The summed E-state index contributed by atoms with van der Waals surface area (Å²) in [5.74, 6) is 0. The Bertz CT molecular complexity index is 1180. The monoisotopic (exact) mass is 555 g/mol. The van der Waals surface area contributed by atoms with E-state index in [0.717, 1.165) is 0 Å². The van der Waals surface area contributed by atoms with Gasteiger partial charge >= 0.3 is 0 Å². The van der Waals surface area contributed by atoms with Crippen molar-refractivity contribution < 1.29 is 0 Å². The highest BCUT2D eigenvalue weighted by Crippen LogP contribution is 2.48. The van der Waals surface area contributed by atoms with Gasteiger partial charge in [-0.1, -0.05) is 71.9 Å². The molecule has 0 spiro atoms. The molecule has 3 rings (SSSR count). The minimum Gasteiger partial charge on any atom is -0.365 e. The Balaban J connectivity index is 2.50. The van der Waals surface area contributed by atoms with Crippen molar-refractivity contribution in [2.24, 2.45) is 0 Å². The van der Waals surface area contributed by atoms with Crippen LogP contribution >= 0.6 is 0 Å². The molecule has 0 saturated heterocycles. The molecule has 0 fully saturated rings. The van der Waals surface area contributed by atoms with Gasteiger partial charge in [0.05, 0.1) is 22.7 Å². The molecule has 0 heterocycles. The van der Waals surface area contributed by atoms with Crippen molar-refractivity contribution in [1.29, 1.82) is 0 Å². The first-order chi connectivity index (χ1) is 18.9. The van der Waals surface area contributed by atoms with E-state index in [2.05, 4.69) is 178 Å². The summed E-state index contributed by atoms with van der Waals surface area (Å²) in [7, 11) is 0. The summed E-state index contributed by atoms with van der Waals surface area (Å²) < 4.78 is 0. The van der Waals surface area contributed by atoms with Gasteiger partial charge in [-0.25, -0.2) is 0 Å². The molecule has 3 heteroatoms. The molecule has 224 valence electrons. The third-order valence-electron chi connectivity index (χ3n) is 7.96. The van der Waals surface area contributed by atoms with Gasteiger partial charge in [-0.3, -0.25) is 0 Å². The Morgan fingerprint density at radius 1 is 0.439 bits per heavy atom. The van der Waals surface area contributed by atoms with Gasteiger partial charge in [0.25, 0.3) is 0 Å². The summed E-state index contributed by atoms with van der Waals surface area (Å²) in [4.78, 5) is 7.65. The molecule has 3 aromatic rings. The van der Waals surface area contributed by atoms with Crippen molar-refractivity contribution in [3.05, 3.63) is 77.9 Å². The van der Waals surface area contributed by atoms with Crippen LogP contribution in [-0.4, -0.2) is 24.2 Å². The zero-order valence-corrected chi connectivity index (χ0v) is 28.5.